The lowest BCUT2D eigenvalue weighted by Crippen LogP contribution is -2.48. The summed E-state index contributed by atoms with van der Waals surface area (Å²) in [6, 6.07) is 2.60. The summed E-state index contributed by atoms with van der Waals surface area (Å²) >= 11 is 0. The molecule has 3 rings (SSSR count). The summed E-state index contributed by atoms with van der Waals surface area (Å²) in [7, 11) is 0. The Morgan fingerprint density at radius 3 is 2.71 bits per heavy atom. The first-order valence-corrected chi connectivity index (χ1v) is 8.64. The molecule has 0 radical (unpaired) electrons. The van der Waals surface area contributed by atoms with Gasteiger partial charge in [0.05, 0.1) is 12.1 Å². The fourth-order valence-corrected chi connectivity index (χ4v) is 3.44. The molecular formula is C18H24F2N2O2. The van der Waals surface area contributed by atoms with Gasteiger partial charge in [0.1, 0.15) is 11.6 Å². The Kier molecular flexibility index (Phi) is 5.04. The third-order valence-electron chi connectivity index (χ3n) is 5.09. The zero-order valence-electron chi connectivity index (χ0n) is 13.8. The number of aliphatic hydroxyl groups excluding tert-OH is 1. The van der Waals surface area contributed by atoms with E-state index in [1.165, 1.54) is 6.07 Å². The minimum absolute atomic E-state index is 0.0646. The van der Waals surface area contributed by atoms with Crippen molar-refractivity contribution in [2.24, 2.45) is 11.8 Å². The molecule has 1 aliphatic carbocycles. The second-order valence-corrected chi connectivity index (χ2v) is 7.02. The van der Waals surface area contributed by atoms with Crippen LogP contribution in [0.2, 0.25) is 0 Å². The molecule has 3 atom stereocenters. The van der Waals surface area contributed by atoms with Crippen molar-refractivity contribution in [3.05, 3.63) is 35.4 Å². The number of urea groups is 1. The van der Waals surface area contributed by atoms with Gasteiger partial charge in [0.15, 0.2) is 0 Å². The van der Waals surface area contributed by atoms with E-state index in [0.29, 0.717) is 13.1 Å². The molecular weight excluding hydrogens is 314 g/mol. The zero-order valence-corrected chi connectivity index (χ0v) is 13.8. The lowest BCUT2D eigenvalue weighted by atomic mass is 9.93. The second kappa shape index (κ2) is 7.05. The number of benzene rings is 1. The van der Waals surface area contributed by atoms with Gasteiger partial charge >= 0.3 is 6.03 Å². The number of rotatable bonds is 4. The quantitative estimate of drug-likeness (QED) is 0.886. The first-order valence-electron chi connectivity index (χ1n) is 8.64. The van der Waals surface area contributed by atoms with Gasteiger partial charge in [0.2, 0.25) is 0 Å². The molecule has 132 valence electrons. The van der Waals surface area contributed by atoms with Crippen molar-refractivity contribution in [2.45, 2.75) is 44.8 Å². The van der Waals surface area contributed by atoms with Crippen molar-refractivity contribution in [3.8, 4) is 0 Å². The number of amides is 2. The highest BCUT2D eigenvalue weighted by molar-refractivity contribution is 5.75. The highest BCUT2D eigenvalue weighted by Crippen LogP contribution is 2.42. The number of nitrogens with zero attached hydrogens (tertiary/aromatic N) is 1. The van der Waals surface area contributed by atoms with E-state index in [1.807, 2.05) is 0 Å². The van der Waals surface area contributed by atoms with Gasteiger partial charge in [-0.25, -0.2) is 13.6 Å². The molecule has 4 nitrogen and oxygen atoms in total. The van der Waals surface area contributed by atoms with Gasteiger partial charge in [-0.15, -0.1) is 0 Å². The molecule has 0 bridgehead atoms. The van der Waals surface area contributed by atoms with Crippen LogP contribution < -0.4 is 5.32 Å². The highest BCUT2D eigenvalue weighted by Gasteiger charge is 2.36. The van der Waals surface area contributed by atoms with Crippen LogP contribution in [-0.2, 0) is 0 Å². The van der Waals surface area contributed by atoms with E-state index in [9.17, 15) is 18.7 Å². The Hall–Kier alpha value is -1.69. The van der Waals surface area contributed by atoms with E-state index in [-0.39, 0.29) is 23.4 Å². The van der Waals surface area contributed by atoms with Crippen LogP contribution in [0.1, 0.15) is 44.2 Å². The van der Waals surface area contributed by atoms with Crippen molar-refractivity contribution in [2.75, 3.05) is 13.1 Å². The Morgan fingerprint density at radius 2 is 2.04 bits per heavy atom. The molecule has 2 aliphatic rings. The standard InChI is InChI=1S/C18H24F2N2O2/c1-11(23)13-3-2-8-22(10-13)18(24)21-17(12-4-5-12)15-9-14(19)6-7-16(15)20/h6-7,9,11-13,17,23H,2-5,8,10H2,1H3,(H,21,24)/t11-,13+,17-/m0/s1. The maximum absolute atomic E-state index is 14.1. The summed E-state index contributed by atoms with van der Waals surface area (Å²) in [6.07, 6.45) is 3.08. The molecule has 1 saturated heterocycles. The SMILES string of the molecule is C[C@H](O)[C@@H]1CCCN(C(=O)N[C@H](c2cc(F)ccc2F)C2CC2)C1. The van der Waals surface area contributed by atoms with Crippen molar-refractivity contribution in [1.29, 1.82) is 0 Å². The molecule has 1 heterocycles. The van der Waals surface area contributed by atoms with Crippen molar-refractivity contribution in [1.82, 2.24) is 10.2 Å². The van der Waals surface area contributed by atoms with Gasteiger partial charge in [-0.1, -0.05) is 0 Å². The number of piperidine rings is 1. The Bertz CT molecular complexity index is 605. The Balaban J connectivity index is 1.72. The molecule has 6 heteroatoms. The predicted molar refractivity (Wildman–Crippen MR) is 86.3 cm³/mol. The summed E-state index contributed by atoms with van der Waals surface area (Å²) in [5.41, 5.74) is 0.218. The highest BCUT2D eigenvalue weighted by atomic mass is 19.1. The van der Waals surface area contributed by atoms with E-state index >= 15 is 0 Å². The molecule has 1 aliphatic heterocycles. The summed E-state index contributed by atoms with van der Waals surface area (Å²) in [5, 5.41) is 12.6. The Labute approximate surface area is 140 Å². The minimum atomic E-state index is -0.501. The van der Waals surface area contributed by atoms with E-state index in [2.05, 4.69) is 5.32 Å². The fourth-order valence-electron chi connectivity index (χ4n) is 3.44. The molecule has 2 N–H and O–H groups in total. The maximum atomic E-state index is 14.1. The van der Waals surface area contributed by atoms with Crippen molar-refractivity contribution >= 4 is 6.03 Å². The lowest BCUT2D eigenvalue weighted by Gasteiger charge is -2.35. The third-order valence-corrected chi connectivity index (χ3v) is 5.09. The van der Waals surface area contributed by atoms with Crippen LogP contribution in [0, 0.1) is 23.5 Å². The molecule has 2 fully saturated rings. The van der Waals surface area contributed by atoms with E-state index in [4.69, 9.17) is 0 Å². The zero-order chi connectivity index (χ0) is 17.3. The first-order chi connectivity index (χ1) is 11.5. The molecule has 1 aromatic rings. The normalized spacial score (nSPS) is 23.7. The second-order valence-electron chi connectivity index (χ2n) is 7.02. The molecule has 2 amide bonds. The van der Waals surface area contributed by atoms with Crippen molar-refractivity contribution in [3.63, 3.8) is 0 Å². The summed E-state index contributed by atoms with van der Waals surface area (Å²) < 4.78 is 27.6. The third kappa shape index (κ3) is 3.86. The van der Waals surface area contributed by atoms with Gasteiger partial charge in [0, 0.05) is 24.6 Å². The van der Waals surface area contributed by atoms with E-state index in [1.54, 1.807) is 11.8 Å². The summed E-state index contributed by atoms with van der Waals surface area (Å²) in [4.78, 5) is 14.3. The molecule has 24 heavy (non-hydrogen) atoms. The van der Waals surface area contributed by atoms with Crippen LogP contribution in [0.5, 0.6) is 0 Å². The van der Waals surface area contributed by atoms with Crippen LogP contribution in [0.4, 0.5) is 13.6 Å². The smallest absolute Gasteiger partial charge is 0.317 e. The largest absolute Gasteiger partial charge is 0.393 e. The van der Waals surface area contributed by atoms with E-state index < -0.39 is 23.8 Å². The number of hydrogen-bond acceptors (Lipinski definition) is 2. The average Bonchev–Trinajstić information content (AvgIpc) is 3.40. The number of aliphatic hydroxyl groups is 1. The number of hydrogen-bond donors (Lipinski definition) is 2. The number of nitrogens with one attached hydrogen (secondary N) is 1. The first kappa shape index (κ1) is 17.1. The minimum Gasteiger partial charge on any atom is -0.393 e. The maximum Gasteiger partial charge on any atom is 0.317 e. The van der Waals surface area contributed by atoms with Crippen LogP contribution >= 0.6 is 0 Å². The van der Waals surface area contributed by atoms with Crippen LogP contribution in [-0.4, -0.2) is 35.2 Å². The molecule has 1 saturated carbocycles. The fraction of sp³-hybridized carbons (Fsp3) is 0.611. The number of likely N-dealkylation sites (tertiary alicyclic amines) is 1. The Morgan fingerprint density at radius 1 is 1.29 bits per heavy atom. The number of halogens is 2. The topological polar surface area (TPSA) is 52.6 Å². The van der Waals surface area contributed by atoms with Gasteiger partial charge in [-0.2, -0.15) is 0 Å². The molecule has 1 aromatic carbocycles. The number of carbonyl (C=O) groups is 1. The van der Waals surface area contributed by atoms with E-state index in [0.717, 1.165) is 37.8 Å². The summed E-state index contributed by atoms with van der Waals surface area (Å²) in [5.74, 6) is -0.773. The van der Waals surface area contributed by atoms with Crippen LogP contribution in [0.25, 0.3) is 0 Å². The molecule has 0 unspecified atom stereocenters. The average molecular weight is 338 g/mol. The lowest BCUT2D eigenvalue weighted by molar-refractivity contribution is 0.0731. The summed E-state index contributed by atoms with van der Waals surface area (Å²) in [6.45, 7) is 2.85. The predicted octanol–water partition coefficient (Wildman–Crippen LogP) is 3.22. The van der Waals surface area contributed by atoms with Gasteiger partial charge in [-0.3, -0.25) is 0 Å². The van der Waals surface area contributed by atoms with Crippen LogP contribution in [0.15, 0.2) is 18.2 Å². The van der Waals surface area contributed by atoms with Gasteiger partial charge in [0.25, 0.3) is 0 Å². The number of carbonyl (C=O) groups excluding carboxylic acids is 1. The molecule has 0 spiro atoms. The van der Waals surface area contributed by atoms with Gasteiger partial charge < -0.3 is 15.3 Å². The van der Waals surface area contributed by atoms with Crippen molar-refractivity contribution < 1.29 is 18.7 Å². The monoisotopic (exact) mass is 338 g/mol. The van der Waals surface area contributed by atoms with Gasteiger partial charge in [-0.05, 0) is 56.7 Å². The molecule has 0 aromatic heterocycles. The van der Waals surface area contributed by atoms with Crippen LogP contribution in [0.3, 0.4) is 0 Å².